The Bertz CT molecular complexity index is 1400. The van der Waals surface area contributed by atoms with Crippen molar-refractivity contribution in [2.24, 2.45) is 0 Å². The Morgan fingerprint density at radius 3 is 2.51 bits per heavy atom. The molecule has 4 aromatic rings. The number of carbonyl (C=O) groups is 2. The molecule has 204 valence electrons. The van der Waals surface area contributed by atoms with E-state index in [2.05, 4.69) is 65.8 Å². The Morgan fingerprint density at radius 1 is 0.949 bits per heavy atom. The SMILES string of the molecule is O=C(Cn1cc(Cn2cc(CCCC(=O)NC3CCCCCC3)c3ccccc32)nn1)Nc1ccc(Br)cc1. The van der Waals surface area contributed by atoms with E-state index in [-0.39, 0.29) is 18.4 Å². The number of carbonyl (C=O) groups excluding carboxylic acids is 2. The lowest BCUT2D eigenvalue weighted by Crippen LogP contribution is -2.34. The lowest BCUT2D eigenvalue weighted by Gasteiger charge is -2.16. The van der Waals surface area contributed by atoms with Crippen LogP contribution in [0.25, 0.3) is 10.9 Å². The van der Waals surface area contributed by atoms with Crippen LogP contribution >= 0.6 is 15.9 Å². The molecule has 1 aliphatic rings. The number of halogens is 1. The van der Waals surface area contributed by atoms with Crippen LogP contribution in [0.5, 0.6) is 0 Å². The monoisotopic (exact) mass is 590 g/mol. The number of fused-ring (bicyclic) bond motifs is 1. The summed E-state index contributed by atoms with van der Waals surface area (Å²) in [5.74, 6) is 0.0111. The third kappa shape index (κ3) is 7.56. The fourth-order valence-electron chi connectivity index (χ4n) is 5.36. The lowest BCUT2D eigenvalue weighted by molar-refractivity contribution is -0.122. The van der Waals surface area contributed by atoms with E-state index in [9.17, 15) is 9.59 Å². The first-order valence-corrected chi connectivity index (χ1v) is 14.6. The second-order valence-corrected chi connectivity index (χ2v) is 11.3. The molecule has 2 amide bonds. The van der Waals surface area contributed by atoms with Crippen LogP contribution in [0.1, 0.15) is 62.6 Å². The van der Waals surface area contributed by atoms with Crippen LogP contribution in [-0.4, -0.2) is 37.4 Å². The molecule has 2 aromatic heterocycles. The summed E-state index contributed by atoms with van der Waals surface area (Å²) in [5, 5.41) is 15.8. The molecular weight excluding hydrogens is 556 g/mol. The van der Waals surface area contributed by atoms with Crippen molar-refractivity contribution in [2.75, 3.05) is 5.32 Å². The number of aromatic nitrogens is 4. The molecule has 1 saturated carbocycles. The number of nitrogens with one attached hydrogen (secondary N) is 2. The van der Waals surface area contributed by atoms with Crippen molar-refractivity contribution in [3.05, 3.63) is 76.7 Å². The standard InChI is InChI=1S/C30H35BrN6O2/c31-23-14-16-25(17-15-23)33-30(39)21-37-20-26(34-35-37)19-36-18-22(27-11-5-6-12-28(27)36)8-7-13-29(38)32-24-9-3-1-2-4-10-24/h5-6,11-12,14-18,20,24H,1-4,7-10,13,19,21H2,(H,32,38)(H,33,39). The van der Waals surface area contributed by atoms with Crippen LogP contribution in [0, 0.1) is 0 Å². The molecule has 1 fully saturated rings. The number of hydrogen-bond donors (Lipinski definition) is 2. The zero-order valence-electron chi connectivity index (χ0n) is 22.1. The van der Waals surface area contributed by atoms with E-state index in [4.69, 9.17) is 0 Å². The molecule has 5 rings (SSSR count). The second-order valence-electron chi connectivity index (χ2n) is 10.4. The van der Waals surface area contributed by atoms with Crippen molar-refractivity contribution in [2.45, 2.75) is 76.9 Å². The number of aryl methyl sites for hydroxylation is 1. The van der Waals surface area contributed by atoms with Crippen LogP contribution in [0.3, 0.4) is 0 Å². The molecule has 2 N–H and O–H groups in total. The average Bonchev–Trinajstić information content (AvgIpc) is 3.40. The third-order valence-corrected chi connectivity index (χ3v) is 7.82. The van der Waals surface area contributed by atoms with Gasteiger partial charge in [-0.1, -0.05) is 65.0 Å². The van der Waals surface area contributed by atoms with Crippen molar-refractivity contribution >= 4 is 44.3 Å². The summed E-state index contributed by atoms with van der Waals surface area (Å²) < 4.78 is 4.69. The summed E-state index contributed by atoms with van der Waals surface area (Å²) in [6.07, 6.45) is 13.4. The van der Waals surface area contributed by atoms with Crippen molar-refractivity contribution in [1.29, 1.82) is 0 Å². The molecule has 0 aliphatic heterocycles. The quantitative estimate of drug-likeness (QED) is 0.227. The Morgan fingerprint density at radius 2 is 1.72 bits per heavy atom. The van der Waals surface area contributed by atoms with Gasteiger partial charge in [-0.05, 0) is 61.6 Å². The van der Waals surface area contributed by atoms with E-state index in [1.165, 1.54) is 36.6 Å². The van der Waals surface area contributed by atoms with Crippen LogP contribution in [0.15, 0.2) is 65.4 Å². The molecule has 39 heavy (non-hydrogen) atoms. The number of anilines is 1. The summed E-state index contributed by atoms with van der Waals surface area (Å²) in [4.78, 5) is 25.0. The third-order valence-electron chi connectivity index (χ3n) is 7.29. The first kappa shape index (κ1) is 27.1. The summed E-state index contributed by atoms with van der Waals surface area (Å²) in [6, 6.07) is 16.1. The summed E-state index contributed by atoms with van der Waals surface area (Å²) >= 11 is 3.40. The predicted molar refractivity (Wildman–Crippen MR) is 156 cm³/mol. The molecule has 2 aromatic carbocycles. The van der Waals surface area contributed by atoms with Gasteiger partial charge < -0.3 is 15.2 Å². The van der Waals surface area contributed by atoms with Crippen molar-refractivity contribution < 1.29 is 9.59 Å². The molecule has 9 heteroatoms. The normalized spacial score (nSPS) is 14.3. The van der Waals surface area contributed by atoms with E-state index >= 15 is 0 Å². The van der Waals surface area contributed by atoms with Gasteiger partial charge in [0.2, 0.25) is 11.8 Å². The molecular formula is C30H35BrN6O2. The maximum absolute atomic E-state index is 12.6. The van der Waals surface area contributed by atoms with E-state index in [0.717, 1.165) is 47.1 Å². The van der Waals surface area contributed by atoms with Crippen molar-refractivity contribution in [3.8, 4) is 0 Å². The molecule has 0 bridgehead atoms. The highest BCUT2D eigenvalue weighted by atomic mass is 79.9. The minimum Gasteiger partial charge on any atom is -0.353 e. The van der Waals surface area contributed by atoms with E-state index in [1.54, 1.807) is 4.68 Å². The summed E-state index contributed by atoms with van der Waals surface area (Å²) in [5.41, 5.74) is 3.87. The first-order chi connectivity index (χ1) is 19.0. The fraction of sp³-hybridized carbons (Fsp3) is 0.400. The molecule has 0 spiro atoms. The maximum Gasteiger partial charge on any atom is 0.246 e. The molecule has 8 nitrogen and oxygen atoms in total. The van der Waals surface area contributed by atoms with Gasteiger partial charge in [0.1, 0.15) is 12.2 Å². The van der Waals surface area contributed by atoms with Gasteiger partial charge in [0, 0.05) is 39.7 Å². The van der Waals surface area contributed by atoms with Crippen molar-refractivity contribution in [3.63, 3.8) is 0 Å². The zero-order valence-corrected chi connectivity index (χ0v) is 23.7. The number of para-hydroxylation sites is 1. The molecule has 0 saturated heterocycles. The number of hydrogen-bond acceptors (Lipinski definition) is 4. The number of amides is 2. The van der Waals surface area contributed by atoms with Crippen LogP contribution < -0.4 is 10.6 Å². The van der Waals surface area contributed by atoms with Gasteiger partial charge in [0.15, 0.2) is 0 Å². The van der Waals surface area contributed by atoms with Gasteiger partial charge in [0.25, 0.3) is 0 Å². The number of benzene rings is 2. The smallest absolute Gasteiger partial charge is 0.246 e. The Labute approximate surface area is 237 Å². The predicted octanol–water partition coefficient (Wildman–Crippen LogP) is 5.84. The highest BCUT2D eigenvalue weighted by Gasteiger charge is 2.16. The van der Waals surface area contributed by atoms with Gasteiger partial charge in [-0.3, -0.25) is 9.59 Å². The van der Waals surface area contributed by atoms with Crippen molar-refractivity contribution in [1.82, 2.24) is 24.9 Å². The molecule has 1 aliphatic carbocycles. The molecule has 0 unspecified atom stereocenters. The average molecular weight is 592 g/mol. The highest BCUT2D eigenvalue weighted by Crippen LogP contribution is 2.24. The van der Waals surface area contributed by atoms with Gasteiger partial charge >= 0.3 is 0 Å². The topological polar surface area (TPSA) is 93.8 Å². The summed E-state index contributed by atoms with van der Waals surface area (Å²) in [6.45, 7) is 0.640. The summed E-state index contributed by atoms with van der Waals surface area (Å²) in [7, 11) is 0. The first-order valence-electron chi connectivity index (χ1n) is 13.8. The minimum atomic E-state index is -0.162. The Kier molecular flexibility index (Phi) is 9.08. The highest BCUT2D eigenvalue weighted by molar-refractivity contribution is 9.10. The van der Waals surface area contributed by atoms with Crippen LogP contribution in [0.4, 0.5) is 5.69 Å². The fourth-order valence-corrected chi connectivity index (χ4v) is 5.62. The number of nitrogens with zero attached hydrogens (tertiary/aromatic N) is 4. The van der Waals surface area contributed by atoms with Gasteiger partial charge in [0.05, 0.1) is 12.7 Å². The van der Waals surface area contributed by atoms with Gasteiger partial charge in [-0.2, -0.15) is 0 Å². The van der Waals surface area contributed by atoms with E-state index in [0.29, 0.717) is 19.0 Å². The Hall–Kier alpha value is -3.46. The van der Waals surface area contributed by atoms with Gasteiger partial charge in [-0.15, -0.1) is 5.10 Å². The van der Waals surface area contributed by atoms with Gasteiger partial charge in [-0.25, -0.2) is 4.68 Å². The van der Waals surface area contributed by atoms with Crippen LogP contribution in [-0.2, 0) is 29.1 Å². The molecule has 0 atom stereocenters. The second kappa shape index (κ2) is 13.1. The lowest BCUT2D eigenvalue weighted by atomic mass is 10.1. The maximum atomic E-state index is 12.6. The zero-order chi connectivity index (χ0) is 27.0. The molecule has 0 radical (unpaired) electrons. The minimum absolute atomic E-state index is 0.0870. The van der Waals surface area contributed by atoms with E-state index in [1.807, 2.05) is 36.5 Å². The number of rotatable bonds is 10. The molecule has 2 heterocycles. The largest absolute Gasteiger partial charge is 0.353 e. The van der Waals surface area contributed by atoms with Crippen LogP contribution in [0.2, 0.25) is 0 Å². The van der Waals surface area contributed by atoms with E-state index < -0.39 is 0 Å². The Balaban J connectivity index is 1.17.